The van der Waals surface area contributed by atoms with Crippen molar-refractivity contribution in [1.29, 1.82) is 0 Å². The summed E-state index contributed by atoms with van der Waals surface area (Å²) in [6.45, 7) is 3.56. The highest BCUT2D eigenvalue weighted by Crippen LogP contribution is 2.35. The van der Waals surface area contributed by atoms with Crippen LogP contribution in [0.3, 0.4) is 0 Å². The van der Waals surface area contributed by atoms with E-state index in [1.54, 1.807) is 24.3 Å². The van der Waals surface area contributed by atoms with E-state index in [1.165, 1.54) is 12.0 Å². The van der Waals surface area contributed by atoms with Crippen molar-refractivity contribution in [2.75, 3.05) is 30.5 Å². The number of anilines is 2. The fraction of sp³-hybridized carbons (Fsp3) is 0.318. The molecule has 1 heterocycles. The standard InChI is InChI=1S/C22H23ClN2O5/c1-13-4-6-17(14(2)8-13)24-20(26)12-30-22(28)15-9-21(27)25(11-15)18-10-16(23)5-7-19(18)29-3/h4-8,10,15H,9,11-12H2,1-3H3,(H,24,26)/t15-/m0/s1. The number of halogens is 1. The molecule has 30 heavy (non-hydrogen) atoms. The van der Waals surface area contributed by atoms with Crippen molar-refractivity contribution in [3.63, 3.8) is 0 Å². The van der Waals surface area contributed by atoms with Crippen LogP contribution in [0.1, 0.15) is 17.5 Å². The van der Waals surface area contributed by atoms with Crippen molar-refractivity contribution in [2.45, 2.75) is 20.3 Å². The summed E-state index contributed by atoms with van der Waals surface area (Å²) in [5.74, 6) is -1.46. The molecule has 3 rings (SSSR count). The molecule has 1 fully saturated rings. The molecule has 158 valence electrons. The predicted octanol–water partition coefficient (Wildman–Crippen LogP) is 3.50. The Morgan fingerprint density at radius 3 is 2.67 bits per heavy atom. The Bertz CT molecular complexity index is 991. The third kappa shape index (κ3) is 4.91. The highest BCUT2D eigenvalue weighted by atomic mass is 35.5. The summed E-state index contributed by atoms with van der Waals surface area (Å²) >= 11 is 6.04. The average Bonchev–Trinajstić information content (AvgIpc) is 3.10. The average molecular weight is 431 g/mol. The zero-order valence-electron chi connectivity index (χ0n) is 17.0. The molecule has 2 aromatic rings. The van der Waals surface area contributed by atoms with Crippen molar-refractivity contribution in [2.24, 2.45) is 5.92 Å². The lowest BCUT2D eigenvalue weighted by Crippen LogP contribution is -2.28. The predicted molar refractivity (Wildman–Crippen MR) is 114 cm³/mol. The first-order chi connectivity index (χ1) is 14.3. The van der Waals surface area contributed by atoms with E-state index >= 15 is 0 Å². The van der Waals surface area contributed by atoms with Crippen LogP contribution in [-0.4, -0.2) is 38.0 Å². The van der Waals surface area contributed by atoms with Gasteiger partial charge in [-0.25, -0.2) is 0 Å². The highest BCUT2D eigenvalue weighted by Gasteiger charge is 2.37. The number of hydrogen-bond donors (Lipinski definition) is 1. The summed E-state index contributed by atoms with van der Waals surface area (Å²) in [5.41, 5.74) is 3.17. The van der Waals surface area contributed by atoms with Gasteiger partial charge >= 0.3 is 5.97 Å². The normalized spacial score (nSPS) is 15.8. The van der Waals surface area contributed by atoms with E-state index in [-0.39, 0.29) is 18.9 Å². The Morgan fingerprint density at radius 1 is 1.20 bits per heavy atom. The van der Waals surface area contributed by atoms with Gasteiger partial charge in [-0.2, -0.15) is 0 Å². The minimum absolute atomic E-state index is 0.00676. The molecule has 0 bridgehead atoms. The minimum atomic E-state index is -0.671. The summed E-state index contributed by atoms with van der Waals surface area (Å²) in [7, 11) is 1.49. The van der Waals surface area contributed by atoms with E-state index in [1.807, 2.05) is 26.0 Å². The molecule has 8 heteroatoms. The van der Waals surface area contributed by atoms with Gasteiger partial charge in [0.15, 0.2) is 6.61 Å². The van der Waals surface area contributed by atoms with Crippen LogP contribution < -0.4 is 15.0 Å². The number of nitrogens with zero attached hydrogens (tertiary/aromatic N) is 1. The molecule has 0 spiro atoms. The van der Waals surface area contributed by atoms with Gasteiger partial charge in [0.25, 0.3) is 5.91 Å². The Balaban J connectivity index is 1.58. The lowest BCUT2D eigenvalue weighted by molar-refractivity contribution is -0.151. The first kappa shape index (κ1) is 21.6. The zero-order chi connectivity index (χ0) is 21.8. The molecule has 1 aliphatic rings. The maximum absolute atomic E-state index is 12.5. The van der Waals surface area contributed by atoms with Crippen molar-refractivity contribution in [3.8, 4) is 5.75 Å². The number of rotatable bonds is 6. The number of carbonyl (C=O) groups is 3. The van der Waals surface area contributed by atoms with E-state index in [2.05, 4.69) is 5.32 Å². The van der Waals surface area contributed by atoms with Crippen LogP contribution >= 0.6 is 11.6 Å². The molecule has 0 unspecified atom stereocenters. The van der Waals surface area contributed by atoms with E-state index in [9.17, 15) is 14.4 Å². The first-order valence-corrected chi connectivity index (χ1v) is 9.84. The summed E-state index contributed by atoms with van der Waals surface area (Å²) in [5, 5.41) is 3.17. The van der Waals surface area contributed by atoms with Crippen LogP contribution in [0.5, 0.6) is 5.75 Å². The van der Waals surface area contributed by atoms with Crippen molar-refractivity contribution in [3.05, 3.63) is 52.5 Å². The number of methoxy groups -OCH3 is 1. The molecule has 1 aliphatic heterocycles. The number of esters is 1. The SMILES string of the molecule is COc1ccc(Cl)cc1N1C[C@@H](C(=O)OCC(=O)Nc2ccc(C)cc2C)CC1=O. The maximum atomic E-state index is 12.5. The minimum Gasteiger partial charge on any atom is -0.495 e. The van der Waals surface area contributed by atoms with Crippen LogP contribution in [-0.2, 0) is 19.1 Å². The van der Waals surface area contributed by atoms with Crippen molar-refractivity contribution >= 4 is 40.8 Å². The van der Waals surface area contributed by atoms with Crippen LogP contribution in [0, 0.1) is 19.8 Å². The van der Waals surface area contributed by atoms with Gasteiger partial charge in [0, 0.05) is 23.7 Å². The zero-order valence-corrected chi connectivity index (χ0v) is 17.8. The smallest absolute Gasteiger partial charge is 0.311 e. The molecular weight excluding hydrogens is 408 g/mol. The largest absolute Gasteiger partial charge is 0.495 e. The van der Waals surface area contributed by atoms with Gasteiger partial charge in [-0.15, -0.1) is 0 Å². The number of ether oxygens (including phenoxy) is 2. The summed E-state index contributed by atoms with van der Waals surface area (Å²) in [6, 6.07) is 10.6. The van der Waals surface area contributed by atoms with Crippen LogP contribution in [0.4, 0.5) is 11.4 Å². The number of aryl methyl sites for hydroxylation is 2. The quantitative estimate of drug-likeness (QED) is 0.709. The van der Waals surface area contributed by atoms with Crippen LogP contribution in [0.15, 0.2) is 36.4 Å². The Labute approximate surface area is 179 Å². The molecule has 2 aromatic carbocycles. The molecule has 1 saturated heterocycles. The van der Waals surface area contributed by atoms with E-state index in [0.29, 0.717) is 22.1 Å². The van der Waals surface area contributed by atoms with Gasteiger partial charge in [0.1, 0.15) is 5.75 Å². The van der Waals surface area contributed by atoms with E-state index in [4.69, 9.17) is 21.1 Å². The van der Waals surface area contributed by atoms with Crippen LogP contribution in [0.2, 0.25) is 5.02 Å². The molecule has 7 nitrogen and oxygen atoms in total. The van der Waals surface area contributed by atoms with Gasteiger partial charge in [-0.05, 0) is 43.7 Å². The van der Waals surface area contributed by atoms with Gasteiger partial charge < -0.3 is 19.7 Å². The molecule has 0 aromatic heterocycles. The molecule has 0 radical (unpaired) electrons. The second kappa shape index (κ2) is 9.17. The number of hydrogen-bond acceptors (Lipinski definition) is 5. The van der Waals surface area contributed by atoms with Crippen molar-refractivity contribution < 1.29 is 23.9 Å². The van der Waals surface area contributed by atoms with E-state index in [0.717, 1.165) is 11.1 Å². The lowest BCUT2D eigenvalue weighted by atomic mass is 10.1. The third-order valence-electron chi connectivity index (χ3n) is 4.89. The number of benzene rings is 2. The monoisotopic (exact) mass is 430 g/mol. The molecular formula is C22H23ClN2O5. The second-order valence-corrected chi connectivity index (χ2v) is 7.63. The summed E-state index contributed by atoms with van der Waals surface area (Å²) < 4.78 is 10.4. The van der Waals surface area contributed by atoms with E-state index < -0.39 is 24.4 Å². The third-order valence-corrected chi connectivity index (χ3v) is 5.13. The Hall–Kier alpha value is -3.06. The lowest BCUT2D eigenvalue weighted by Gasteiger charge is -2.19. The van der Waals surface area contributed by atoms with Gasteiger partial charge in [-0.3, -0.25) is 14.4 Å². The Kier molecular flexibility index (Phi) is 6.62. The fourth-order valence-electron chi connectivity index (χ4n) is 3.37. The highest BCUT2D eigenvalue weighted by molar-refractivity contribution is 6.31. The van der Waals surface area contributed by atoms with Gasteiger partial charge in [-0.1, -0.05) is 29.3 Å². The van der Waals surface area contributed by atoms with Gasteiger partial charge in [0.05, 0.1) is 18.7 Å². The topological polar surface area (TPSA) is 84.9 Å². The number of carbonyl (C=O) groups excluding carboxylic acids is 3. The second-order valence-electron chi connectivity index (χ2n) is 7.20. The fourth-order valence-corrected chi connectivity index (χ4v) is 3.53. The molecule has 1 atom stereocenters. The Morgan fingerprint density at radius 2 is 1.97 bits per heavy atom. The van der Waals surface area contributed by atoms with Gasteiger partial charge in [0.2, 0.25) is 5.91 Å². The maximum Gasteiger partial charge on any atom is 0.311 e. The number of amides is 2. The summed E-state index contributed by atoms with van der Waals surface area (Å²) in [6.07, 6.45) is -0.00676. The molecule has 1 N–H and O–H groups in total. The molecule has 0 aliphatic carbocycles. The van der Waals surface area contributed by atoms with Crippen LogP contribution in [0.25, 0.3) is 0 Å². The first-order valence-electron chi connectivity index (χ1n) is 9.46. The number of nitrogens with one attached hydrogen (secondary N) is 1. The van der Waals surface area contributed by atoms with Crippen molar-refractivity contribution in [1.82, 2.24) is 0 Å². The summed E-state index contributed by atoms with van der Waals surface area (Å²) in [4.78, 5) is 38.5. The molecule has 0 saturated carbocycles. The molecule has 2 amide bonds.